The van der Waals surface area contributed by atoms with Crippen LogP contribution in [0.3, 0.4) is 0 Å². The molecule has 2 amide bonds. The number of nitrogens with zero attached hydrogens (tertiary/aromatic N) is 1. The van der Waals surface area contributed by atoms with Gasteiger partial charge < -0.3 is 5.32 Å². The SMILES string of the molecule is C=Nc1c(/C=C\C)cccc1NC(=O)c1ccc(C(=O)NO)cc1. The largest absolute Gasteiger partial charge is 0.320 e. The number of para-hydroxylation sites is 1. The van der Waals surface area contributed by atoms with Crippen molar-refractivity contribution in [3.8, 4) is 0 Å². The third-order valence-corrected chi connectivity index (χ3v) is 3.33. The van der Waals surface area contributed by atoms with E-state index in [4.69, 9.17) is 5.21 Å². The molecule has 3 N–H and O–H groups in total. The predicted octanol–water partition coefficient (Wildman–Crippen LogP) is 3.42. The molecule has 0 aliphatic heterocycles. The summed E-state index contributed by atoms with van der Waals surface area (Å²) in [6, 6.07) is 11.3. The topological polar surface area (TPSA) is 90.8 Å². The van der Waals surface area contributed by atoms with Crippen LogP contribution < -0.4 is 10.8 Å². The Balaban J connectivity index is 2.25. The van der Waals surface area contributed by atoms with Crippen molar-refractivity contribution in [2.45, 2.75) is 6.92 Å². The van der Waals surface area contributed by atoms with E-state index in [0.29, 0.717) is 16.9 Å². The average Bonchev–Trinajstić information content (AvgIpc) is 2.61. The molecular formula is C18H17N3O3. The van der Waals surface area contributed by atoms with Gasteiger partial charge in [0.2, 0.25) is 0 Å². The highest BCUT2D eigenvalue weighted by Crippen LogP contribution is 2.30. The lowest BCUT2D eigenvalue weighted by atomic mass is 10.1. The van der Waals surface area contributed by atoms with E-state index in [9.17, 15) is 9.59 Å². The maximum atomic E-state index is 12.4. The van der Waals surface area contributed by atoms with Gasteiger partial charge in [-0.05, 0) is 44.0 Å². The minimum Gasteiger partial charge on any atom is -0.320 e. The smallest absolute Gasteiger partial charge is 0.274 e. The van der Waals surface area contributed by atoms with Crippen molar-refractivity contribution >= 4 is 36.0 Å². The number of carbonyl (C=O) groups excluding carboxylic acids is 2. The molecule has 6 nitrogen and oxygen atoms in total. The van der Waals surface area contributed by atoms with Gasteiger partial charge in [0.15, 0.2) is 0 Å². The van der Waals surface area contributed by atoms with Crippen LogP contribution >= 0.6 is 0 Å². The summed E-state index contributed by atoms with van der Waals surface area (Å²) < 4.78 is 0. The van der Waals surface area contributed by atoms with E-state index >= 15 is 0 Å². The van der Waals surface area contributed by atoms with Crippen molar-refractivity contribution in [3.63, 3.8) is 0 Å². The van der Waals surface area contributed by atoms with Crippen LogP contribution in [0, 0.1) is 0 Å². The van der Waals surface area contributed by atoms with Crippen LogP contribution in [0.5, 0.6) is 0 Å². The number of amides is 2. The minimum atomic E-state index is -0.640. The third-order valence-electron chi connectivity index (χ3n) is 3.33. The molecule has 0 aromatic heterocycles. The standard InChI is InChI=1S/C18H17N3O3/c1-3-5-12-6-4-7-15(16(12)19-2)20-17(22)13-8-10-14(11-9-13)18(23)21-24/h3-11,24H,2H2,1H3,(H,20,22)(H,21,23)/b5-3-. The summed E-state index contributed by atoms with van der Waals surface area (Å²) in [7, 11) is 0. The molecule has 2 aromatic carbocycles. The molecule has 0 fully saturated rings. The second kappa shape index (κ2) is 7.85. The highest BCUT2D eigenvalue weighted by molar-refractivity contribution is 6.06. The zero-order valence-corrected chi connectivity index (χ0v) is 13.1. The molecule has 0 radical (unpaired) electrons. The van der Waals surface area contributed by atoms with Gasteiger partial charge in [-0.2, -0.15) is 0 Å². The Morgan fingerprint density at radius 1 is 1.08 bits per heavy atom. The second-order valence-corrected chi connectivity index (χ2v) is 4.87. The van der Waals surface area contributed by atoms with Crippen LogP contribution in [0.2, 0.25) is 0 Å². The summed E-state index contributed by atoms with van der Waals surface area (Å²) in [5.41, 5.74) is 4.13. The van der Waals surface area contributed by atoms with Crippen molar-refractivity contribution in [1.82, 2.24) is 5.48 Å². The lowest BCUT2D eigenvalue weighted by molar-refractivity contribution is 0.0706. The van der Waals surface area contributed by atoms with Crippen LogP contribution in [0.1, 0.15) is 33.2 Å². The van der Waals surface area contributed by atoms with Gasteiger partial charge in [0, 0.05) is 16.7 Å². The van der Waals surface area contributed by atoms with Gasteiger partial charge in [0.1, 0.15) is 0 Å². The Morgan fingerprint density at radius 3 is 2.25 bits per heavy atom. The number of benzene rings is 2. The molecule has 2 aromatic rings. The fourth-order valence-electron chi connectivity index (χ4n) is 2.18. The molecule has 122 valence electrons. The maximum absolute atomic E-state index is 12.4. The number of hydroxylamine groups is 1. The Morgan fingerprint density at radius 2 is 1.71 bits per heavy atom. The fourth-order valence-corrected chi connectivity index (χ4v) is 2.18. The number of rotatable bonds is 5. The number of aliphatic imine (C=N–C) groups is 1. The van der Waals surface area contributed by atoms with Crippen molar-refractivity contribution in [3.05, 3.63) is 65.2 Å². The second-order valence-electron chi connectivity index (χ2n) is 4.87. The van der Waals surface area contributed by atoms with Crippen LogP contribution in [-0.4, -0.2) is 23.7 Å². The normalized spacial score (nSPS) is 10.4. The molecule has 0 bridgehead atoms. The van der Waals surface area contributed by atoms with Crippen LogP contribution in [0.4, 0.5) is 11.4 Å². The van der Waals surface area contributed by atoms with Crippen LogP contribution in [-0.2, 0) is 0 Å². The zero-order valence-electron chi connectivity index (χ0n) is 13.1. The van der Waals surface area contributed by atoms with Crippen molar-refractivity contribution in [1.29, 1.82) is 0 Å². The summed E-state index contributed by atoms with van der Waals surface area (Å²) in [6.07, 6.45) is 3.75. The Kier molecular flexibility index (Phi) is 5.59. The van der Waals surface area contributed by atoms with Gasteiger partial charge in [-0.15, -0.1) is 0 Å². The van der Waals surface area contributed by atoms with Crippen LogP contribution in [0.15, 0.2) is 53.5 Å². The first-order valence-electron chi connectivity index (χ1n) is 7.19. The summed E-state index contributed by atoms with van der Waals surface area (Å²) in [5.74, 6) is -0.979. The van der Waals surface area contributed by atoms with E-state index in [1.54, 1.807) is 6.07 Å². The molecule has 0 aliphatic carbocycles. The molecule has 0 unspecified atom stereocenters. The van der Waals surface area contributed by atoms with Gasteiger partial charge in [-0.25, -0.2) is 5.48 Å². The molecule has 0 saturated carbocycles. The molecule has 0 saturated heterocycles. The molecule has 2 rings (SSSR count). The number of anilines is 1. The van der Waals surface area contributed by atoms with Crippen LogP contribution in [0.25, 0.3) is 6.08 Å². The van der Waals surface area contributed by atoms with Gasteiger partial charge >= 0.3 is 0 Å². The number of allylic oxidation sites excluding steroid dienone is 1. The highest BCUT2D eigenvalue weighted by atomic mass is 16.5. The molecule has 0 heterocycles. The number of carbonyl (C=O) groups is 2. The lowest BCUT2D eigenvalue weighted by Gasteiger charge is -2.10. The summed E-state index contributed by atoms with van der Waals surface area (Å²) in [4.78, 5) is 27.6. The van der Waals surface area contributed by atoms with Crippen molar-refractivity contribution in [2.24, 2.45) is 4.99 Å². The van der Waals surface area contributed by atoms with E-state index in [0.717, 1.165) is 5.56 Å². The Bertz CT molecular complexity index is 796. The van der Waals surface area contributed by atoms with Gasteiger partial charge in [-0.3, -0.25) is 19.8 Å². The maximum Gasteiger partial charge on any atom is 0.274 e. The molecule has 0 spiro atoms. The first kappa shape index (κ1) is 17.1. The lowest BCUT2D eigenvalue weighted by Crippen LogP contribution is -2.19. The molecule has 0 aliphatic rings. The molecule has 0 atom stereocenters. The number of hydrogen-bond donors (Lipinski definition) is 3. The van der Waals surface area contributed by atoms with Gasteiger partial charge in [0.05, 0.1) is 11.4 Å². The van der Waals surface area contributed by atoms with E-state index in [1.807, 2.05) is 31.2 Å². The monoisotopic (exact) mass is 323 g/mol. The van der Waals surface area contributed by atoms with Crippen molar-refractivity contribution < 1.29 is 14.8 Å². The van der Waals surface area contributed by atoms with Crippen molar-refractivity contribution in [2.75, 3.05) is 5.32 Å². The quantitative estimate of drug-likeness (QED) is 0.447. The zero-order chi connectivity index (χ0) is 17.5. The number of nitrogens with one attached hydrogen (secondary N) is 2. The van der Waals surface area contributed by atoms with E-state index < -0.39 is 5.91 Å². The van der Waals surface area contributed by atoms with E-state index in [2.05, 4.69) is 17.0 Å². The number of hydrogen-bond acceptors (Lipinski definition) is 4. The Labute approximate surface area is 139 Å². The Hall–Kier alpha value is -3.25. The fraction of sp³-hybridized carbons (Fsp3) is 0.0556. The minimum absolute atomic E-state index is 0.248. The van der Waals surface area contributed by atoms with E-state index in [1.165, 1.54) is 29.7 Å². The predicted molar refractivity (Wildman–Crippen MR) is 94.0 cm³/mol. The molecule has 24 heavy (non-hydrogen) atoms. The van der Waals surface area contributed by atoms with E-state index in [-0.39, 0.29) is 11.5 Å². The molecular weight excluding hydrogens is 306 g/mol. The summed E-state index contributed by atoms with van der Waals surface area (Å²) in [6.45, 7) is 5.44. The molecule has 6 heteroatoms. The summed E-state index contributed by atoms with van der Waals surface area (Å²) in [5, 5.41) is 11.4. The first-order valence-corrected chi connectivity index (χ1v) is 7.19. The average molecular weight is 323 g/mol. The first-order chi connectivity index (χ1) is 11.6. The van der Waals surface area contributed by atoms with Gasteiger partial charge in [-0.1, -0.05) is 24.3 Å². The van der Waals surface area contributed by atoms with Gasteiger partial charge in [0.25, 0.3) is 11.8 Å². The summed E-state index contributed by atoms with van der Waals surface area (Å²) >= 11 is 0. The highest BCUT2D eigenvalue weighted by Gasteiger charge is 2.11. The third kappa shape index (κ3) is 3.74.